The topological polar surface area (TPSA) is 86.8 Å². The molecule has 1 heterocycles. The van der Waals surface area contributed by atoms with E-state index in [1.54, 1.807) is 24.3 Å². The van der Waals surface area contributed by atoms with Gasteiger partial charge < -0.3 is 5.32 Å². The molecule has 0 unspecified atom stereocenters. The number of fused-ring (bicyclic) bond motifs is 1. The van der Waals surface area contributed by atoms with E-state index in [0.717, 1.165) is 28.2 Å². The molecule has 2 aliphatic rings. The average molecular weight is 419 g/mol. The van der Waals surface area contributed by atoms with Crippen molar-refractivity contribution in [2.45, 2.75) is 45.2 Å². The largest absolute Gasteiger partial charge is 0.346 e. The summed E-state index contributed by atoms with van der Waals surface area (Å²) in [6, 6.07) is 12.4. The SMILES string of the molecule is C[C@H](NC(=O)c1ccc(CN2C(=O)C(=O)N(C)C2=O)cc1)c1ccc2c(c1)CCCC2. The van der Waals surface area contributed by atoms with E-state index < -0.39 is 17.8 Å². The van der Waals surface area contributed by atoms with Crippen molar-refractivity contribution in [3.63, 3.8) is 0 Å². The Morgan fingerprint density at radius 3 is 2.29 bits per heavy atom. The first-order chi connectivity index (χ1) is 14.8. The molecule has 160 valence electrons. The van der Waals surface area contributed by atoms with Gasteiger partial charge in [0, 0.05) is 12.6 Å². The van der Waals surface area contributed by atoms with Crippen LogP contribution in [0.15, 0.2) is 42.5 Å². The van der Waals surface area contributed by atoms with Crippen molar-refractivity contribution >= 4 is 23.8 Å². The first kappa shape index (κ1) is 20.8. The van der Waals surface area contributed by atoms with Crippen LogP contribution in [-0.4, -0.2) is 40.6 Å². The van der Waals surface area contributed by atoms with E-state index in [1.807, 2.05) is 6.92 Å². The number of urea groups is 1. The molecule has 1 saturated heterocycles. The van der Waals surface area contributed by atoms with Gasteiger partial charge in [0.2, 0.25) is 0 Å². The molecular formula is C24H25N3O4. The van der Waals surface area contributed by atoms with Gasteiger partial charge in [-0.05, 0) is 67.0 Å². The molecule has 0 aromatic heterocycles. The van der Waals surface area contributed by atoms with Crippen LogP contribution in [-0.2, 0) is 29.0 Å². The van der Waals surface area contributed by atoms with Crippen LogP contribution in [0.2, 0.25) is 0 Å². The number of rotatable bonds is 5. The lowest BCUT2D eigenvalue weighted by Crippen LogP contribution is -2.31. The second-order valence-electron chi connectivity index (χ2n) is 8.17. The molecule has 4 rings (SSSR count). The maximum absolute atomic E-state index is 12.7. The molecule has 2 aromatic rings. The summed E-state index contributed by atoms with van der Waals surface area (Å²) in [5, 5.41) is 3.03. The third kappa shape index (κ3) is 4.08. The number of amides is 5. The van der Waals surface area contributed by atoms with E-state index in [1.165, 1.54) is 31.0 Å². The molecule has 0 bridgehead atoms. The van der Waals surface area contributed by atoms with E-state index in [2.05, 4.69) is 23.5 Å². The summed E-state index contributed by atoms with van der Waals surface area (Å²) in [5.74, 6) is -1.87. The maximum Gasteiger partial charge on any atom is 0.334 e. The maximum atomic E-state index is 12.7. The van der Waals surface area contributed by atoms with Crippen molar-refractivity contribution in [1.29, 1.82) is 0 Å². The van der Waals surface area contributed by atoms with Gasteiger partial charge in [0.1, 0.15) is 0 Å². The number of aryl methyl sites for hydroxylation is 2. The minimum Gasteiger partial charge on any atom is -0.346 e. The molecule has 0 spiro atoms. The third-order valence-electron chi connectivity index (χ3n) is 6.03. The highest BCUT2D eigenvalue weighted by Gasteiger charge is 2.41. The predicted molar refractivity (Wildman–Crippen MR) is 114 cm³/mol. The quantitative estimate of drug-likeness (QED) is 0.596. The minimum atomic E-state index is -0.840. The molecule has 31 heavy (non-hydrogen) atoms. The molecule has 1 N–H and O–H groups in total. The second kappa shape index (κ2) is 8.34. The highest BCUT2D eigenvalue weighted by atomic mass is 16.2. The lowest BCUT2D eigenvalue weighted by molar-refractivity contribution is -0.143. The Bertz CT molecular complexity index is 1060. The summed E-state index contributed by atoms with van der Waals surface area (Å²) in [5.41, 5.74) is 5.02. The number of benzene rings is 2. The summed E-state index contributed by atoms with van der Waals surface area (Å²) in [4.78, 5) is 49.9. The van der Waals surface area contributed by atoms with Crippen LogP contribution < -0.4 is 5.32 Å². The number of nitrogens with one attached hydrogen (secondary N) is 1. The monoisotopic (exact) mass is 419 g/mol. The van der Waals surface area contributed by atoms with E-state index in [0.29, 0.717) is 11.1 Å². The number of likely N-dealkylation sites (N-methyl/N-ethyl adjacent to an activating group) is 1. The molecule has 5 amide bonds. The van der Waals surface area contributed by atoms with E-state index in [-0.39, 0.29) is 18.5 Å². The van der Waals surface area contributed by atoms with Gasteiger partial charge in [0.25, 0.3) is 5.91 Å². The third-order valence-corrected chi connectivity index (χ3v) is 6.03. The first-order valence-electron chi connectivity index (χ1n) is 10.5. The number of hydrogen-bond acceptors (Lipinski definition) is 4. The van der Waals surface area contributed by atoms with Crippen molar-refractivity contribution in [3.05, 3.63) is 70.3 Å². The number of hydrogen-bond donors (Lipinski definition) is 1. The summed E-state index contributed by atoms with van der Waals surface area (Å²) in [6.07, 6.45) is 4.67. The molecule has 7 heteroatoms. The smallest absolute Gasteiger partial charge is 0.334 e. The van der Waals surface area contributed by atoms with Crippen LogP contribution in [0, 0.1) is 0 Å². The first-order valence-corrected chi connectivity index (χ1v) is 10.5. The minimum absolute atomic E-state index is 0.0127. The van der Waals surface area contributed by atoms with E-state index in [9.17, 15) is 19.2 Å². The summed E-state index contributed by atoms with van der Waals surface area (Å²) < 4.78 is 0. The van der Waals surface area contributed by atoms with Crippen LogP contribution in [0.25, 0.3) is 0 Å². The van der Waals surface area contributed by atoms with Gasteiger partial charge in [-0.2, -0.15) is 0 Å². The van der Waals surface area contributed by atoms with Gasteiger partial charge >= 0.3 is 17.8 Å². The highest BCUT2D eigenvalue weighted by molar-refractivity contribution is 6.44. The molecule has 1 atom stereocenters. The second-order valence-corrected chi connectivity index (χ2v) is 8.17. The molecule has 2 aromatic carbocycles. The summed E-state index contributed by atoms with van der Waals surface area (Å²) in [6.45, 7) is 1.95. The standard InChI is InChI=1S/C24H25N3O4/c1-15(19-12-11-17-5-3-4-6-20(17)13-19)25-21(28)18-9-7-16(8-10-18)14-27-23(30)22(29)26(2)24(27)31/h7-13,15H,3-6,14H2,1-2H3,(H,25,28)/t15-/m0/s1. The zero-order valence-corrected chi connectivity index (χ0v) is 17.7. The van der Waals surface area contributed by atoms with Crippen molar-refractivity contribution in [2.24, 2.45) is 0 Å². The summed E-state index contributed by atoms with van der Waals surface area (Å²) >= 11 is 0. The fourth-order valence-corrected chi connectivity index (χ4v) is 4.08. The lowest BCUT2D eigenvalue weighted by Gasteiger charge is -2.20. The molecule has 1 aliphatic carbocycles. The Labute approximate surface area is 181 Å². The molecule has 0 saturated carbocycles. The Hall–Kier alpha value is -3.48. The zero-order chi connectivity index (χ0) is 22.1. The van der Waals surface area contributed by atoms with Gasteiger partial charge in [0.15, 0.2) is 0 Å². The highest BCUT2D eigenvalue weighted by Crippen LogP contribution is 2.25. The van der Waals surface area contributed by atoms with Gasteiger partial charge in [-0.1, -0.05) is 30.3 Å². The molecular weight excluding hydrogens is 394 g/mol. The van der Waals surface area contributed by atoms with Crippen LogP contribution in [0.5, 0.6) is 0 Å². The van der Waals surface area contributed by atoms with E-state index >= 15 is 0 Å². The number of nitrogens with zero attached hydrogens (tertiary/aromatic N) is 2. The number of carbonyl (C=O) groups excluding carboxylic acids is 4. The molecule has 7 nitrogen and oxygen atoms in total. The van der Waals surface area contributed by atoms with Crippen LogP contribution in [0.3, 0.4) is 0 Å². The van der Waals surface area contributed by atoms with Gasteiger partial charge in [-0.25, -0.2) is 4.79 Å². The predicted octanol–water partition coefficient (Wildman–Crippen LogP) is 2.98. The van der Waals surface area contributed by atoms with Crippen LogP contribution in [0.4, 0.5) is 4.79 Å². The Morgan fingerprint density at radius 1 is 0.968 bits per heavy atom. The van der Waals surface area contributed by atoms with Crippen molar-refractivity contribution in [3.8, 4) is 0 Å². The Morgan fingerprint density at radius 2 is 1.65 bits per heavy atom. The van der Waals surface area contributed by atoms with Crippen LogP contribution >= 0.6 is 0 Å². The molecule has 0 radical (unpaired) electrons. The van der Waals surface area contributed by atoms with Crippen molar-refractivity contribution < 1.29 is 19.2 Å². The van der Waals surface area contributed by atoms with Gasteiger partial charge in [-0.3, -0.25) is 24.2 Å². The number of imide groups is 2. The number of carbonyl (C=O) groups is 4. The van der Waals surface area contributed by atoms with Crippen molar-refractivity contribution in [1.82, 2.24) is 15.1 Å². The van der Waals surface area contributed by atoms with Crippen LogP contribution in [0.1, 0.15) is 58.4 Å². The lowest BCUT2D eigenvalue weighted by atomic mass is 9.89. The van der Waals surface area contributed by atoms with E-state index in [4.69, 9.17) is 0 Å². The fourth-order valence-electron chi connectivity index (χ4n) is 4.08. The Kier molecular flexibility index (Phi) is 5.59. The molecule has 1 fully saturated rings. The normalized spacial score (nSPS) is 17.0. The van der Waals surface area contributed by atoms with Gasteiger partial charge in [-0.15, -0.1) is 0 Å². The van der Waals surface area contributed by atoms with Crippen molar-refractivity contribution in [2.75, 3.05) is 7.05 Å². The Balaban J connectivity index is 1.40. The zero-order valence-electron chi connectivity index (χ0n) is 17.7. The molecule has 1 aliphatic heterocycles. The van der Waals surface area contributed by atoms with Gasteiger partial charge in [0.05, 0.1) is 12.6 Å². The summed E-state index contributed by atoms with van der Waals surface area (Å²) in [7, 11) is 1.28. The fraction of sp³-hybridized carbons (Fsp3) is 0.333. The average Bonchev–Trinajstić information content (AvgIpc) is 2.97.